The van der Waals surface area contributed by atoms with Gasteiger partial charge in [-0.2, -0.15) is 0 Å². The highest BCUT2D eigenvalue weighted by Gasteiger charge is 2.80. The van der Waals surface area contributed by atoms with E-state index in [0.717, 1.165) is 37.5 Å². The molecule has 0 N–H and O–H groups in total. The summed E-state index contributed by atoms with van der Waals surface area (Å²) in [6.07, 6.45) is 8.48. The van der Waals surface area contributed by atoms with Gasteiger partial charge in [0, 0.05) is 58.7 Å². The van der Waals surface area contributed by atoms with E-state index in [9.17, 15) is 14.4 Å². The fourth-order valence-corrected chi connectivity index (χ4v) is 8.59. The summed E-state index contributed by atoms with van der Waals surface area (Å²) in [6, 6.07) is 0. The average Bonchev–Trinajstić information content (AvgIpc) is 3.04. The number of hydrogen-bond donors (Lipinski definition) is 0. The number of likely N-dealkylation sites (N-methyl/N-ethyl adjacent to an activating group) is 1. The number of nitrogens with zero attached hydrogens (tertiary/aromatic N) is 1. The Labute approximate surface area is 199 Å². The highest BCUT2D eigenvalue weighted by atomic mass is 16.7. The maximum Gasteiger partial charge on any atom is 0.303 e. The minimum Gasteiger partial charge on any atom is -0.459 e. The minimum absolute atomic E-state index is 0.0700. The molecule has 34 heavy (non-hydrogen) atoms. The number of hydrogen-bond acceptors (Lipinski definition) is 7. The van der Waals surface area contributed by atoms with E-state index in [1.54, 1.807) is 19.1 Å². The van der Waals surface area contributed by atoms with Crippen LogP contribution in [0.1, 0.15) is 52.4 Å². The number of allylic oxidation sites excluding steroid dienone is 1. The van der Waals surface area contributed by atoms with Gasteiger partial charge >= 0.3 is 5.97 Å². The Hall–Kier alpha value is -2.03. The minimum atomic E-state index is -0.949. The molecule has 8 nitrogen and oxygen atoms in total. The third-order valence-electron chi connectivity index (χ3n) is 10.2. The molecular formula is C26H33NO7. The van der Waals surface area contributed by atoms with Gasteiger partial charge in [0.25, 0.3) is 0 Å². The molecule has 0 aromatic rings. The molecule has 0 radical (unpaired) electrons. The van der Waals surface area contributed by atoms with Gasteiger partial charge in [-0.25, -0.2) is 0 Å². The lowest BCUT2D eigenvalue weighted by Gasteiger charge is -2.73. The molecule has 1 unspecified atom stereocenters. The summed E-state index contributed by atoms with van der Waals surface area (Å²) >= 11 is 0. The molecule has 5 fully saturated rings. The number of carbonyl (C=O) groups is 3. The Morgan fingerprint density at radius 1 is 1.26 bits per heavy atom. The molecule has 0 aromatic carbocycles. The Kier molecular flexibility index (Phi) is 4.49. The summed E-state index contributed by atoms with van der Waals surface area (Å²) in [5.74, 6) is -0.971. The van der Waals surface area contributed by atoms with Crippen molar-refractivity contribution in [3.05, 3.63) is 23.3 Å². The van der Waals surface area contributed by atoms with E-state index in [1.165, 1.54) is 6.92 Å². The first-order chi connectivity index (χ1) is 16.1. The largest absolute Gasteiger partial charge is 0.459 e. The maximum atomic E-state index is 12.8. The number of fused-ring (bicyclic) bond motifs is 1. The van der Waals surface area contributed by atoms with E-state index in [1.807, 2.05) is 6.08 Å². The van der Waals surface area contributed by atoms with Crippen LogP contribution >= 0.6 is 0 Å². The Morgan fingerprint density at radius 2 is 2.06 bits per heavy atom. The van der Waals surface area contributed by atoms with E-state index in [4.69, 9.17) is 18.9 Å². The number of esters is 1. The summed E-state index contributed by atoms with van der Waals surface area (Å²) in [5.41, 5.74) is -1.45. The quantitative estimate of drug-likeness (QED) is 0.354. The number of aldehydes is 1. The van der Waals surface area contributed by atoms with Crippen molar-refractivity contribution in [3.8, 4) is 0 Å². The SMILES string of the molecule is COC12CC[C@@]3(C)[C@H](CC=C4[C@@]56CC=C(C=O)[C@]5(C[C@@H](OC(C)=O)[C@@]43O1)CN(C)C(=O)CO6)C2. The first-order valence-electron chi connectivity index (χ1n) is 12.3. The maximum absolute atomic E-state index is 12.8. The van der Waals surface area contributed by atoms with Crippen LogP contribution in [0.3, 0.4) is 0 Å². The van der Waals surface area contributed by atoms with Crippen molar-refractivity contribution < 1.29 is 33.3 Å². The molecule has 1 spiro atoms. The van der Waals surface area contributed by atoms with E-state index < -0.39 is 34.5 Å². The van der Waals surface area contributed by atoms with Crippen LogP contribution in [-0.2, 0) is 33.3 Å². The average molecular weight is 472 g/mol. The smallest absolute Gasteiger partial charge is 0.303 e. The molecule has 7 atom stereocenters. The highest BCUT2D eigenvalue weighted by molar-refractivity contribution is 5.82. The normalized spacial score (nSPS) is 48.7. The molecule has 7 rings (SSSR count). The van der Waals surface area contributed by atoms with Gasteiger partial charge < -0.3 is 23.8 Å². The molecule has 3 aliphatic heterocycles. The predicted octanol–water partition coefficient (Wildman–Crippen LogP) is 2.31. The zero-order chi connectivity index (χ0) is 24.1. The van der Waals surface area contributed by atoms with Crippen LogP contribution < -0.4 is 0 Å². The second-order valence-corrected chi connectivity index (χ2v) is 11.4. The fourth-order valence-electron chi connectivity index (χ4n) is 8.59. The van der Waals surface area contributed by atoms with Gasteiger partial charge in [0.1, 0.15) is 30.2 Å². The second-order valence-electron chi connectivity index (χ2n) is 11.4. The van der Waals surface area contributed by atoms with E-state index in [2.05, 4.69) is 13.0 Å². The van der Waals surface area contributed by atoms with Crippen molar-refractivity contribution >= 4 is 18.2 Å². The van der Waals surface area contributed by atoms with Gasteiger partial charge in [0.15, 0.2) is 5.79 Å². The van der Waals surface area contributed by atoms with Crippen molar-refractivity contribution in [1.29, 1.82) is 0 Å². The van der Waals surface area contributed by atoms with Crippen LogP contribution in [0.15, 0.2) is 23.3 Å². The zero-order valence-electron chi connectivity index (χ0n) is 20.3. The standard InChI is InChI=1S/C26H33NO7/c1-16(29)33-20-12-23-15-27(3)21(30)14-32-25(23,8-7-18(23)13-28)19-6-5-17-11-24(31-4)10-9-22(17,2)26(19,20)34-24/h6-7,13,17,20H,5,8-12,14-15H2,1-4H3/t17-,20-,22+,23+,24?,25+,26+/m1/s1. The molecule has 4 bridgehead atoms. The summed E-state index contributed by atoms with van der Waals surface area (Å²) in [7, 11) is 3.43. The number of rotatable bonds is 3. The molecule has 8 heteroatoms. The van der Waals surface area contributed by atoms with E-state index in [-0.39, 0.29) is 17.9 Å². The molecule has 7 aliphatic rings. The van der Waals surface area contributed by atoms with E-state index in [0.29, 0.717) is 30.9 Å². The van der Waals surface area contributed by atoms with Crippen LogP contribution in [-0.4, -0.2) is 73.5 Å². The van der Waals surface area contributed by atoms with Crippen molar-refractivity contribution in [2.75, 3.05) is 27.3 Å². The molecular weight excluding hydrogens is 438 g/mol. The van der Waals surface area contributed by atoms with Gasteiger partial charge in [-0.1, -0.05) is 19.1 Å². The van der Waals surface area contributed by atoms with Crippen molar-refractivity contribution in [3.63, 3.8) is 0 Å². The summed E-state index contributed by atoms with van der Waals surface area (Å²) < 4.78 is 25.8. The molecule has 4 aliphatic carbocycles. The lowest BCUT2D eigenvalue weighted by Crippen LogP contribution is -2.80. The number of methoxy groups -OCH3 is 1. The van der Waals surface area contributed by atoms with Crippen molar-refractivity contribution in [1.82, 2.24) is 4.90 Å². The van der Waals surface area contributed by atoms with Crippen LogP contribution in [0.25, 0.3) is 0 Å². The monoisotopic (exact) mass is 471 g/mol. The first-order valence-corrected chi connectivity index (χ1v) is 12.3. The summed E-state index contributed by atoms with van der Waals surface area (Å²) in [5, 5.41) is 0. The molecule has 3 saturated heterocycles. The lowest BCUT2D eigenvalue weighted by molar-refractivity contribution is -0.407. The molecule has 3 heterocycles. The summed E-state index contributed by atoms with van der Waals surface area (Å²) in [4.78, 5) is 39.4. The zero-order valence-corrected chi connectivity index (χ0v) is 20.3. The van der Waals surface area contributed by atoms with Crippen molar-refractivity contribution in [2.24, 2.45) is 16.7 Å². The van der Waals surface area contributed by atoms with Gasteiger partial charge in [-0.15, -0.1) is 0 Å². The fraction of sp³-hybridized carbons (Fsp3) is 0.731. The third-order valence-corrected chi connectivity index (χ3v) is 10.2. The van der Waals surface area contributed by atoms with Crippen LogP contribution in [0, 0.1) is 16.7 Å². The molecule has 2 saturated carbocycles. The Bertz CT molecular complexity index is 1050. The van der Waals surface area contributed by atoms with Gasteiger partial charge in [-0.05, 0) is 29.9 Å². The Balaban J connectivity index is 1.63. The third kappa shape index (κ3) is 2.33. The molecule has 1 amide bonds. The number of amides is 1. The lowest BCUT2D eigenvalue weighted by atomic mass is 9.41. The Morgan fingerprint density at radius 3 is 2.76 bits per heavy atom. The summed E-state index contributed by atoms with van der Waals surface area (Å²) in [6.45, 7) is 3.91. The number of ether oxygens (including phenoxy) is 4. The highest BCUT2D eigenvalue weighted by Crippen LogP contribution is 2.74. The van der Waals surface area contributed by atoms with Crippen LogP contribution in [0.4, 0.5) is 0 Å². The number of carbonyl (C=O) groups excluding carboxylic acids is 3. The topological polar surface area (TPSA) is 91.4 Å². The molecule has 0 aromatic heterocycles. The first kappa shape index (κ1) is 22.4. The van der Waals surface area contributed by atoms with Gasteiger partial charge in [0.2, 0.25) is 5.91 Å². The van der Waals surface area contributed by atoms with Gasteiger partial charge in [0.05, 0.1) is 5.41 Å². The molecule has 184 valence electrons. The second kappa shape index (κ2) is 6.80. The van der Waals surface area contributed by atoms with Crippen LogP contribution in [0.2, 0.25) is 0 Å². The van der Waals surface area contributed by atoms with Crippen molar-refractivity contribution in [2.45, 2.75) is 75.5 Å². The van der Waals surface area contributed by atoms with Gasteiger partial charge in [-0.3, -0.25) is 14.4 Å². The van der Waals surface area contributed by atoms with Crippen LogP contribution in [0.5, 0.6) is 0 Å². The van der Waals surface area contributed by atoms with E-state index >= 15 is 0 Å². The predicted molar refractivity (Wildman–Crippen MR) is 119 cm³/mol.